The Morgan fingerprint density at radius 2 is 2.30 bits per heavy atom. The number of hydrogen-bond donors (Lipinski definition) is 1. The third-order valence-corrected chi connectivity index (χ3v) is 3.56. The van der Waals surface area contributed by atoms with E-state index < -0.39 is 5.97 Å². The summed E-state index contributed by atoms with van der Waals surface area (Å²) >= 11 is 0. The van der Waals surface area contributed by atoms with Gasteiger partial charge in [-0.25, -0.2) is 4.79 Å². The van der Waals surface area contributed by atoms with Crippen LogP contribution in [0, 0.1) is 0 Å². The molecule has 0 aliphatic carbocycles. The standard InChI is InChI=1S/C15H16N2O3/c1-10-9-17(6-7-20-10)11-2-3-14-13(8-11)12(15(18)19)4-5-16-14/h2-5,8,10H,6-7,9H2,1H3,(H,18,19). The highest BCUT2D eigenvalue weighted by Gasteiger charge is 2.18. The number of ether oxygens (including phenoxy) is 1. The molecular formula is C15H16N2O3. The highest BCUT2D eigenvalue weighted by atomic mass is 16.5. The van der Waals surface area contributed by atoms with Gasteiger partial charge in [0.2, 0.25) is 0 Å². The van der Waals surface area contributed by atoms with Crippen molar-refractivity contribution in [1.82, 2.24) is 4.98 Å². The minimum atomic E-state index is -0.926. The van der Waals surface area contributed by atoms with Crippen LogP contribution in [0.5, 0.6) is 0 Å². The zero-order valence-corrected chi connectivity index (χ0v) is 11.2. The first-order valence-electron chi connectivity index (χ1n) is 6.64. The molecule has 3 rings (SSSR count). The number of benzene rings is 1. The SMILES string of the molecule is CC1CN(c2ccc3nccc(C(=O)O)c3c2)CCO1. The fraction of sp³-hybridized carbons (Fsp3) is 0.333. The summed E-state index contributed by atoms with van der Waals surface area (Å²) in [5.74, 6) is -0.926. The van der Waals surface area contributed by atoms with Gasteiger partial charge in [0.05, 0.1) is 23.8 Å². The van der Waals surface area contributed by atoms with Crippen LogP contribution >= 0.6 is 0 Å². The first-order chi connectivity index (χ1) is 9.65. The van der Waals surface area contributed by atoms with Crippen LogP contribution in [0.25, 0.3) is 10.9 Å². The zero-order chi connectivity index (χ0) is 14.1. The van der Waals surface area contributed by atoms with Gasteiger partial charge in [-0.2, -0.15) is 0 Å². The maximum Gasteiger partial charge on any atom is 0.336 e. The molecule has 1 aromatic carbocycles. The van der Waals surface area contributed by atoms with Gasteiger partial charge < -0.3 is 14.7 Å². The molecule has 0 radical (unpaired) electrons. The van der Waals surface area contributed by atoms with Crippen molar-refractivity contribution in [1.29, 1.82) is 0 Å². The van der Waals surface area contributed by atoms with Gasteiger partial charge in [-0.05, 0) is 31.2 Å². The van der Waals surface area contributed by atoms with Crippen molar-refractivity contribution in [2.24, 2.45) is 0 Å². The number of carboxylic acid groups (broad SMARTS) is 1. The summed E-state index contributed by atoms with van der Waals surface area (Å²) in [6, 6.07) is 7.30. The van der Waals surface area contributed by atoms with Gasteiger partial charge in [0.1, 0.15) is 0 Å². The molecule has 1 aliphatic heterocycles. The molecule has 20 heavy (non-hydrogen) atoms. The van der Waals surface area contributed by atoms with Crippen LogP contribution in [-0.2, 0) is 4.74 Å². The number of rotatable bonds is 2. The van der Waals surface area contributed by atoms with E-state index in [4.69, 9.17) is 4.74 Å². The second kappa shape index (κ2) is 5.09. The first kappa shape index (κ1) is 12.9. The Morgan fingerprint density at radius 3 is 3.05 bits per heavy atom. The van der Waals surface area contributed by atoms with Crippen molar-refractivity contribution >= 4 is 22.6 Å². The maximum absolute atomic E-state index is 11.3. The highest BCUT2D eigenvalue weighted by molar-refractivity contribution is 6.03. The Hall–Kier alpha value is -2.14. The number of fused-ring (bicyclic) bond motifs is 1. The highest BCUT2D eigenvalue weighted by Crippen LogP contribution is 2.25. The number of aromatic carboxylic acids is 1. The van der Waals surface area contributed by atoms with E-state index >= 15 is 0 Å². The normalized spacial score (nSPS) is 19.2. The van der Waals surface area contributed by atoms with Crippen LogP contribution in [0.4, 0.5) is 5.69 Å². The predicted molar refractivity (Wildman–Crippen MR) is 76.3 cm³/mol. The number of aromatic nitrogens is 1. The molecular weight excluding hydrogens is 256 g/mol. The topological polar surface area (TPSA) is 62.7 Å². The molecule has 1 saturated heterocycles. The number of carbonyl (C=O) groups is 1. The number of pyridine rings is 1. The lowest BCUT2D eigenvalue weighted by Crippen LogP contribution is -2.41. The Bertz CT molecular complexity index is 657. The van der Waals surface area contributed by atoms with Gasteiger partial charge in [-0.3, -0.25) is 4.98 Å². The fourth-order valence-corrected chi connectivity index (χ4v) is 2.57. The van der Waals surface area contributed by atoms with E-state index in [2.05, 4.69) is 9.88 Å². The second-order valence-corrected chi connectivity index (χ2v) is 4.99. The van der Waals surface area contributed by atoms with E-state index in [1.54, 1.807) is 0 Å². The van der Waals surface area contributed by atoms with Crippen LogP contribution in [0.15, 0.2) is 30.5 Å². The maximum atomic E-state index is 11.3. The molecule has 1 unspecified atom stereocenters. The van der Waals surface area contributed by atoms with Crippen molar-refractivity contribution < 1.29 is 14.6 Å². The molecule has 2 aromatic rings. The van der Waals surface area contributed by atoms with Gasteiger partial charge in [0, 0.05) is 30.4 Å². The first-order valence-corrected chi connectivity index (χ1v) is 6.64. The Labute approximate surface area is 116 Å². The summed E-state index contributed by atoms with van der Waals surface area (Å²) < 4.78 is 5.53. The Morgan fingerprint density at radius 1 is 1.45 bits per heavy atom. The number of carboxylic acids is 1. The average Bonchev–Trinajstić information content (AvgIpc) is 2.46. The van der Waals surface area contributed by atoms with Gasteiger partial charge in [-0.1, -0.05) is 0 Å². The van der Waals surface area contributed by atoms with E-state index in [0.717, 1.165) is 18.8 Å². The van der Waals surface area contributed by atoms with E-state index in [1.807, 2.05) is 25.1 Å². The minimum absolute atomic E-state index is 0.187. The summed E-state index contributed by atoms with van der Waals surface area (Å²) in [6.07, 6.45) is 1.72. The zero-order valence-electron chi connectivity index (χ0n) is 11.2. The van der Waals surface area contributed by atoms with Crippen LogP contribution in [-0.4, -0.2) is 41.9 Å². The smallest absolute Gasteiger partial charge is 0.336 e. The van der Waals surface area contributed by atoms with E-state index in [-0.39, 0.29) is 11.7 Å². The molecule has 0 saturated carbocycles. The summed E-state index contributed by atoms with van der Waals surface area (Å²) in [4.78, 5) is 17.7. The van der Waals surface area contributed by atoms with Gasteiger partial charge in [0.25, 0.3) is 0 Å². The molecule has 0 bridgehead atoms. The third-order valence-electron chi connectivity index (χ3n) is 3.56. The lowest BCUT2D eigenvalue weighted by Gasteiger charge is -2.33. The molecule has 0 amide bonds. The molecule has 5 nitrogen and oxygen atoms in total. The molecule has 0 spiro atoms. The summed E-state index contributed by atoms with van der Waals surface area (Å²) in [6.45, 7) is 4.36. The minimum Gasteiger partial charge on any atom is -0.478 e. The number of hydrogen-bond acceptors (Lipinski definition) is 4. The molecule has 1 aromatic heterocycles. The molecule has 5 heteroatoms. The van der Waals surface area contributed by atoms with Crippen molar-refractivity contribution in [2.75, 3.05) is 24.6 Å². The van der Waals surface area contributed by atoms with Crippen LogP contribution in [0.3, 0.4) is 0 Å². The fourth-order valence-electron chi connectivity index (χ4n) is 2.57. The third kappa shape index (κ3) is 2.32. The summed E-state index contributed by atoms with van der Waals surface area (Å²) in [5, 5.41) is 9.94. The van der Waals surface area contributed by atoms with Gasteiger partial charge in [0.15, 0.2) is 0 Å². The van der Waals surface area contributed by atoms with Crippen molar-refractivity contribution in [3.05, 3.63) is 36.0 Å². The molecule has 1 atom stereocenters. The largest absolute Gasteiger partial charge is 0.478 e. The monoisotopic (exact) mass is 272 g/mol. The molecule has 1 N–H and O–H groups in total. The molecule has 2 heterocycles. The van der Waals surface area contributed by atoms with Crippen molar-refractivity contribution in [3.8, 4) is 0 Å². The van der Waals surface area contributed by atoms with Crippen molar-refractivity contribution in [2.45, 2.75) is 13.0 Å². The Balaban J connectivity index is 2.05. The van der Waals surface area contributed by atoms with E-state index in [9.17, 15) is 9.90 Å². The van der Waals surface area contributed by atoms with Crippen molar-refractivity contribution in [3.63, 3.8) is 0 Å². The van der Waals surface area contributed by atoms with E-state index in [1.165, 1.54) is 12.3 Å². The number of nitrogens with zero attached hydrogens (tertiary/aromatic N) is 2. The van der Waals surface area contributed by atoms with Gasteiger partial charge in [-0.15, -0.1) is 0 Å². The average molecular weight is 272 g/mol. The molecule has 104 valence electrons. The van der Waals surface area contributed by atoms with Crippen LogP contribution in [0.1, 0.15) is 17.3 Å². The van der Waals surface area contributed by atoms with Crippen LogP contribution < -0.4 is 4.90 Å². The molecule has 1 aliphatic rings. The Kier molecular flexibility index (Phi) is 3.28. The summed E-state index contributed by atoms with van der Waals surface area (Å²) in [5.41, 5.74) is 2.01. The number of morpholine rings is 1. The lowest BCUT2D eigenvalue weighted by molar-refractivity contribution is 0.0532. The molecule has 1 fully saturated rings. The predicted octanol–water partition coefficient (Wildman–Crippen LogP) is 2.16. The van der Waals surface area contributed by atoms with E-state index in [0.29, 0.717) is 17.5 Å². The number of anilines is 1. The lowest BCUT2D eigenvalue weighted by atomic mass is 10.1. The quantitative estimate of drug-likeness (QED) is 0.907. The second-order valence-electron chi connectivity index (χ2n) is 4.99. The van der Waals surface area contributed by atoms with Gasteiger partial charge >= 0.3 is 5.97 Å². The van der Waals surface area contributed by atoms with Crippen LogP contribution in [0.2, 0.25) is 0 Å². The summed E-state index contributed by atoms with van der Waals surface area (Å²) in [7, 11) is 0.